The number of carbonyl (C=O) groups is 1. The summed E-state index contributed by atoms with van der Waals surface area (Å²) in [6.07, 6.45) is 0.366. The number of carboxylic acid groups (broad SMARTS) is 1. The summed E-state index contributed by atoms with van der Waals surface area (Å²) in [6, 6.07) is 3.35. The van der Waals surface area contributed by atoms with Crippen LogP contribution in [0.1, 0.15) is 17.7 Å². The number of fused-ring (bicyclic) bond motifs is 1. The largest absolute Gasteiger partial charge is 0.481 e. The first-order chi connectivity index (χ1) is 8.90. The molecule has 0 atom stereocenters. The number of aromatic nitrogens is 1. The fourth-order valence-corrected chi connectivity index (χ4v) is 2.73. The first-order valence-corrected chi connectivity index (χ1v) is 6.69. The highest BCUT2D eigenvalue weighted by Crippen LogP contribution is 2.37. The lowest BCUT2D eigenvalue weighted by Crippen LogP contribution is -2.00. The molecule has 0 saturated heterocycles. The Morgan fingerprint density at radius 2 is 1.95 bits per heavy atom. The molecule has 6 heteroatoms. The predicted octanol–water partition coefficient (Wildman–Crippen LogP) is 4.52. The number of halogens is 3. The summed E-state index contributed by atoms with van der Waals surface area (Å²) >= 11 is 18.3. The summed E-state index contributed by atoms with van der Waals surface area (Å²) in [4.78, 5) is 15.1. The smallest absolute Gasteiger partial charge is 0.303 e. The number of hydrogen-bond acceptors (Lipinski definition) is 2. The van der Waals surface area contributed by atoms with Crippen molar-refractivity contribution < 1.29 is 9.90 Å². The fourth-order valence-electron chi connectivity index (χ4n) is 1.96. The van der Waals surface area contributed by atoms with Crippen LogP contribution in [0.2, 0.25) is 15.1 Å². The second kappa shape index (κ2) is 5.53. The van der Waals surface area contributed by atoms with Crippen molar-refractivity contribution in [3.8, 4) is 0 Å². The minimum atomic E-state index is -0.869. The summed E-state index contributed by atoms with van der Waals surface area (Å²) in [5, 5.41) is 10.5. The molecular weight excluding hydrogens is 309 g/mol. The lowest BCUT2D eigenvalue weighted by Gasteiger charge is -2.11. The van der Waals surface area contributed by atoms with Gasteiger partial charge >= 0.3 is 5.97 Å². The minimum Gasteiger partial charge on any atom is -0.481 e. The summed E-state index contributed by atoms with van der Waals surface area (Å²) in [6.45, 7) is 1.82. The number of pyridine rings is 1. The topological polar surface area (TPSA) is 50.2 Å². The van der Waals surface area contributed by atoms with E-state index < -0.39 is 5.97 Å². The molecule has 0 unspecified atom stereocenters. The van der Waals surface area contributed by atoms with Gasteiger partial charge in [-0.05, 0) is 31.0 Å². The molecule has 2 rings (SSSR count). The van der Waals surface area contributed by atoms with Crippen molar-refractivity contribution in [2.24, 2.45) is 0 Å². The molecule has 0 aliphatic carbocycles. The number of nitrogens with zero attached hydrogens (tertiary/aromatic N) is 1. The average Bonchev–Trinajstić information content (AvgIpc) is 2.33. The molecular formula is C13H10Cl3NO2. The lowest BCUT2D eigenvalue weighted by molar-refractivity contribution is -0.136. The highest BCUT2D eigenvalue weighted by Gasteiger charge is 2.15. The zero-order valence-corrected chi connectivity index (χ0v) is 12.3. The van der Waals surface area contributed by atoms with Crippen molar-refractivity contribution in [1.29, 1.82) is 0 Å². The number of carboxylic acids is 1. The van der Waals surface area contributed by atoms with E-state index in [1.54, 1.807) is 6.07 Å². The van der Waals surface area contributed by atoms with E-state index in [2.05, 4.69) is 4.98 Å². The molecule has 1 N–H and O–H groups in total. The van der Waals surface area contributed by atoms with Gasteiger partial charge in [0, 0.05) is 17.5 Å². The molecule has 0 aliphatic heterocycles. The summed E-state index contributed by atoms with van der Waals surface area (Å²) < 4.78 is 0. The quantitative estimate of drug-likeness (QED) is 0.846. The van der Waals surface area contributed by atoms with Crippen LogP contribution in [0.15, 0.2) is 12.1 Å². The van der Waals surface area contributed by atoms with Crippen molar-refractivity contribution in [2.75, 3.05) is 0 Å². The van der Waals surface area contributed by atoms with Crippen LogP contribution < -0.4 is 0 Å². The van der Waals surface area contributed by atoms with Gasteiger partial charge in [0.2, 0.25) is 0 Å². The van der Waals surface area contributed by atoms with E-state index in [1.807, 2.05) is 13.0 Å². The molecule has 0 spiro atoms. The summed E-state index contributed by atoms with van der Waals surface area (Å²) in [5.74, 6) is -0.869. The van der Waals surface area contributed by atoms with E-state index in [1.165, 1.54) is 0 Å². The van der Waals surface area contributed by atoms with E-state index in [0.29, 0.717) is 32.4 Å². The Kier molecular flexibility index (Phi) is 4.19. The van der Waals surface area contributed by atoms with Gasteiger partial charge in [0.05, 0.1) is 20.6 Å². The standard InChI is InChI=1S/C13H10Cl3NO2/c1-6-4-7(2-3-10(18)19)11-12(16)8(14)5-9(15)13(11)17-6/h4-5H,2-3H2,1H3,(H,18,19). The van der Waals surface area contributed by atoms with Crippen LogP contribution in [0.5, 0.6) is 0 Å². The molecule has 19 heavy (non-hydrogen) atoms. The third-order valence-corrected chi connectivity index (χ3v) is 3.82. The first-order valence-electron chi connectivity index (χ1n) is 5.55. The minimum absolute atomic E-state index is 0.0129. The average molecular weight is 319 g/mol. The molecule has 100 valence electrons. The molecule has 3 nitrogen and oxygen atoms in total. The van der Waals surface area contributed by atoms with Crippen LogP contribution in [0.4, 0.5) is 0 Å². The van der Waals surface area contributed by atoms with E-state index >= 15 is 0 Å². The van der Waals surface area contributed by atoms with E-state index in [-0.39, 0.29) is 6.42 Å². The normalized spacial score (nSPS) is 10.9. The SMILES string of the molecule is Cc1cc(CCC(=O)O)c2c(Cl)c(Cl)cc(Cl)c2n1. The highest BCUT2D eigenvalue weighted by atomic mass is 35.5. The summed E-state index contributed by atoms with van der Waals surface area (Å²) in [5.41, 5.74) is 2.10. The Bertz CT molecular complexity index is 671. The zero-order chi connectivity index (χ0) is 14.2. The van der Waals surface area contributed by atoms with Gasteiger partial charge in [-0.3, -0.25) is 9.78 Å². The molecule has 0 bridgehead atoms. The number of aryl methyl sites for hydroxylation is 2. The maximum absolute atomic E-state index is 10.7. The predicted molar refractivity (Wildman–Crippen MR) is 77.5 cm³/mol. The van der Waals surface area contributed by atoms with Crippen molar-refractivity contribution in [3.63, 3.8) is 0 Å². The Labute approximate surface area is 125 Å². The molecule has 0 aliphatic rings. The highest BCUT2D eigenvalue weighted by molar-refractivity contribution is 6.47. The van der Waals surface area contributed by atoms with Crippen LogP contribution in [0, 0.1) is 6.92 Å². The second-order valence-corrected chi connectivity index (χ2v) is 5.39. The first kappa shape index (κ1) is 14.4. The number of aliphatic carboxylic acids is 1. The molecule has 2 aromatic rings. The summed E-state index contributed by atoms with van der Waals surface area (Å²) in [7, 11) is 0. The number of rotatable bonds is 3. The molecule has 1 heterocycles. The van der Waals surface area contributed by atoms with Crippen molar-refractivity contribution in [3.05, 3.63) is 38.5 Å². The van der Waals surface area contributed by atoms with Crippen molar-refractivity contribution in [1.82, 2.24) is 4.98 Å². The molecule has 0 saturated carbocycles. The van der Waals surface area contributed by atoms with E-state index in [0.717, 1.165) is 11.3 Å². The van der Waals surface area contributed by atoms with Crippen LogP contribution in [0.25, 0.3) is 10.9 Å². The van der Waals surface area contributed by atoms with Gasteiger partial charge in [-0.25, -0.2) is 0 Å². The van der Waals surface area contributed by atoms with Crippen molar-refractivity contribution in [2.45, 2.75) is 19.8 Å². The van der Waals surface area contributed by atoms with Gasteiger partial charge in [-0.1, -0.05) is 34.8 Å². The molecule has 0 fully saturated rings. The van der Waals surface area contributed by atoms with Gasteiger partial charge in [-0.15, -0.1) is 0 Å². The third-order valence-electron chi connectivity index (χ3n) is 2.75. The van der Waals surface area contributed by atoms with Gasteiger partial charge in [0.1, 0.15) is 0 Å². The maximum Gasteiger partial charge on any atom is 0.303 e. The van der Waals surface area contributed by atoms with Gasteiger partial charge in [0.25, 0.3) is 0 Å². The van der Waals surface area contributed by atoms with Crippen LogP contribution in [0.3, 0.4) is 0 Å². The Morgan fingerprint density at radius 1 is 1.26 bits per heavy atom. The van der Waals surface area contributed by atoms with Gasteiger partial charge in [-0.2, -0.15) is 0 Å². The van der Waals surface area contributed by atoms with Crippen molar-refractivity contribution >= 4 is 51.7 Å². The Balaban J connectivity index is 2.71. The number of hydrogen-bond donors (Lipinski definition) is 1. The van der Waals surface area contributed by atoms with Gasteiger partial charge < -0.3 is 5.11 Å². The lowest BCUT2D eigenvalue weighted by atomic mass is 10.0. The monoisotopic (exact) mass is 317 g/mol. The second-order valence-electron chi connectivity index (χ2n) is 4.19. The molecule has 0 amide bonds. The van der Waals surface area contributed by atoms with Crippen LogP contribution in [-0.4, -0.2) is 16.1 Å². The number of benzene rings is 1. The van der Waals surface area contributed by atoms with Gasteiger partial charge in [0.15, 0.2) is 0 Å². The Morgan fingerprint density at radius 3 is 2.58 bits per heavy atom. The fraction of sp³-hybridized carbons (Fsp3) is 0.231. The van der Waals surface area contributed by atoms with E-state index in [9.17, 15) is 4.79 Å². The van der Waals surface area contributed by atoms with E-state index in [4.69, 9.17) is 39.9 Å². The zero-order valence-electron chi connectivity index (χ0n) is 10.0. The Hall–Kier alpha value is -1.03. The maximum atomic E-state index is 10.7. The van der Waals surface area contributed by atoms with Crippen LogP contribution in [-0.2, 0) is 11.2 Å². The molecule has 0 radical (unpaired) electrons. The van der Waals surface area contributed by atoms with Crippen LogP contribution >= 0.6 is 34.8 Å². The molecule has 1 aromatic carbocycles. The molecule has 1 aromatic heterocycles. The third kappa shape index (κ3) is 2.94.